The third kappa shape index (κ3) is 3.67. The molecule has 1 fully saturated rings. The maximum Gasteiger partial charge on any atom is 0.337 e. The molecule has 1 amide bonds. The van der Waals surface area contributed by atoms with E-state index in [4.69, 9.17) is 9.47 Å². The van der Waals surface area contributed by atoms with E-state index in [0.29, 0.717) is 17.9 Å². The van der Waals surface area contributed by atoms with Crippen molar-refractivity contribution in [1.82, 2.24) is 0 Å². The van der Waals surface area contributed by atoms with E-state index in [1.54, 1.807) is 12.1 Å². The van der Waals surface area contributed by atoms with Crippen molar-refractivity contribution in [3.8, 4) is 5.75 Å². The van der Waals surface area contributed by atoms with Crippen LogP contribution in [-0.2, 0) is 14.3 Å². The van der Waals surface area contributed by atoms with Gasteiger partial charge in [-0.15, -0.1) is 0 Å². The van der Waals surface area contributed by atoms with Crippen LogP contribution >= 0.6 is 0 Å². The number of carboxylic acid groups (broad SMARTS) is 1. The van der Waals surface area contributed by atoms with Gasteiger partial charge >= 0.3 is 11.9 Å². The van der Waals surface area contributed by atoms with Gasteiger partial charge in [-0.25, -0.2) is 4.79 Å². The van der Waals surface area contributed by atoms with E-state index in [1.165, 1.54) is 13.2 Å². The Labute approximate surface area is 157 Å². The van der Waals surface area contributed by atoms with E-state index < -0.39 is 23.8 Å². The summed E-state index contributed by atoms with van der Waals surface area (Å²) >= 11 is 0. The third-order valence-corrected chi connectivity index (χ3v) is 5.07. The number of amides is 1. The molecule has 27 heavy (non-hydrogen) atoms. The predicted octanol–water partition coefficient (Wildman–Crippen LogP) is 2.72. The van der Waals surface area contributed by atoms with Crippen LogP contribution in [0.3, 0.4) is 0 Å². The van der Waals surface area contributed by atoms with Crippen molar-refractivity contribution < 1.29 is 29.0 Å². The van der Waals surface area contributed by atoms with E-state index in [9.17, 15) is 19.5 Å². The SMILES string of the molecule is COC(=O)c1ccc(OC(C)C)c(NC(=O)[C@H]2[C@@H](C(=O)O)[C@H]3C=C[C@H]2C3)c1. The summed E-state index contributed by atoms with van der Waals surface area (Å²) in [7, 11) is 1.28. The molecular weight excluding hydrogens is 350 g/mol. The molecule has 2 N–H and O–H groups in total. The largest absolute Gasteiger partial charge is 0.489 e. The lowest BCUT2D eigenvalue weighted by molar-refractivity contribution is -0.146. The summed E-state index contributed by atoms with van der Waals surface area (Å²) in [6, 6.07) is 4.64. The van der Waals surface area contributed by atoms with Gasteiger partial charge < -0.3 is 19.9 Å². The molecular formula is C20H23NO6. The normalized spacial score (nSPS) is 25.5. The van der Waals surface area contributed by atoms with Gasteiger partial charge in [-0.2, -0.15) is 0 Å². The Morgan fingerprint density at radius 1 is 1.15 bits per heavy atom. The molecule has 3 rings (SSSR count). The molecule has 0 spiro atoms. The van der Waals surface area contributed by atoms with Crippen molar-refractivity contribution in [3.63, 3.8) is 0 Å². The highest BCUT2D eigenvalue weighted by atomic mass is 16.5. The summed E-state index contributed by atoms with van der Waals surface area (Å²) in [5.41, 5.74) is 0.596. The van der Waals surface area contributed by atoms with E-state index in [2.05, 4.69) is 5.32 Å². The number of allylic oxidation sites excluding steroid dienone is 2. The molecule has 1 saturated carbocycles. The number of rotatable bonds is 6. The molecule has 2 aliphatic rings. The summed E-state index contributed by atoms with van der Waals surface area (Å²) in [6.45, 7) is 3.70. The van der Waals surface area contributed by atoms with Gasteiger partial charge in [0.25, 0.3) is 0 Å². The topological polar surface area (TPSA) is 102 Å². The highest BCUT2D eigenvalue weighted by Crippen LogP contribution is 2.48. The standard InChI is InChI=1S/C20H23NO6/c1-10(2)27-15-7-6-13(20(25)26-3)9-14(15)21-18(22)16-11-4-5-12(8-11)17(16)19(23)24/h4-7,9-12,16-17H,8H2,1-3H3,(H,21,22)(H,23,24)/t11-,12-,16+,17-/m0/s1. The van der Waals surface area contributed by atoms with Gasteiger partial charge in [0.15, 0.2) is 0 Å². The Balaban J connectivity index is 1.88. The van der Waals surface area contributed by atoms with Crippen LogP contribution < -0.4 is 10.1 Å². The number of carboxylic acids is 1. The molecule has 0 saturated heterocycles. The first-order valence-electron chi connectivity index (χ1n) is 8.92. The minimum atomic E-state index is -0.964. The second-order valence-electron chi connectivity index (χ2n) is 7.20. The molecule has 4 atom stereocenters. The number of carbonyl (C=O) groups is 3. The molecule has 1 aromatic rings. The average molecular weight is 373 g/mol. The number of benzene rings is 1. The van der Waals surface area contributed by atoms with Gasteiger partial charge in [0, 0.05) is 0 Å². The molecule has 1 aromatic carbocycles. The Hall–Kier alpha value is -2.83. The maximum absolute atomic E-state index is 12.9. The van der Waals surface area contributed by atoms with Crippen LogP contribution in [0.25, 0.3) is 0 Å². The average Bonchev–Trinajstić information content (AvgIpc) is 3.23. The summed E-state index contributed by atoms with van der Waals surface area (Å²) < 4.78 is 10.4. The number of hydrogen-bond acceptors (Lipinski definition) is 5. The Morgan fingerprint density at radius 2 is 1.81 bits per heavy atom. The van der Waals surface area contributed by atoms with Gasteiger partial charge in [0.05, 0.1) is 36.3 Å². The van der Waals surface area contributed by atoms with Crippen LogP contribution in [0.5, 0.6) is 5.75 Å². The number of anilines is 1. The Kier molecular flexibility index (Phi) is 5.21. The zero-order valence-electron chi connectivity index (χ0n) is 15.5. The van der Waals surface area contributed by atoms with Gasteiger partial charge in [-0.1, -0.05) is 12.2 Å². The summed E-state index contributed by atoms with van der Waals surface area (Å²) in [5, 5.41) is 12.3. The van der Waals surface area contributed by atoms with Crippen LogP contribution in [0.2, 0.25) is 0 Å². The Bertz CT molecular complexity index is 800. The predicted molar refractivity (Wildman–Crippen MR) is 97.5 cm³/mol. The zero-order chi connectivity index (χ0) is 19.7. The van der Waals surface area contributed by atoms with Crippen molar-refractivity contribution in [2.45, 2.75) is 26.4 Å². The Morgan fingerprint density at radius 3 is 2.41 bits per heavy atom. The molecule has 2 bridgehead atoms. The molecule has 0 radical (unpaired) electrons. The van der Waals surface area contributed by atoms with Gasteiger partial charge in [-0.05, 0) is 50.3 Å². The van der Waals surface area contributed by atoms with Crippen molar-refractivity contribution >= 4 is 23.5 Å². The lowest BCUT2D eigenvalue weighted by Gasteiger charge is -2.24. The van der Waals surface area contributed by atoms with Gasteiger partial charge in [-0.3, -0.25) is 9.59 Å². The van der Waals surface area contributed by atoms with Crippen LogP contribution in [0, 0.1) is 23.7 Å². The molecule has 0 aliphatic heterocycles. The fourth-order valence-corrected chi connectivity index (χ4v) is 3.96. The highest BCUT2D eigenvalue weighted by Gasteiger charge is 2.51. The number of ether oxygens (including phenoxy) is 2. The van der Waals surface area contributed by atoms with Crippen LogP contribution in [0.1, 0.15) is 30.6 Å². The van der Waals surface area contributed by atoms with E-state index in [1.807, 2.05) is 26.0 Å². The minimum Gasteiger partial charge on any atom is -0.489 e. The first kappa shape index (κ1) is 18.9. The molecule has 2 aliphatic carbocycles. The number of carbonyl (C=O) groups excluding carboxylic acids is 2. The summed E-state index contributed by atoms with van der Waals surface area (Å²) in [4.78, 5) is 36.4. The van der Waals surface area contributed by atoms with Gasteiger partial charge in [0.2, 0.25) is 5.91 Å². The number of nitrogens with one attached hydrogen (secondary N) is 1. The van der Waals surface area contributed by atoms with Crippen molar-refractivity contribution in [2.24, 2.45) is 23.7 Å². The van der Waals surface area contributed by atoms with Crippen LogP contribution in [0.4, 0.5) is 5.69 Å². The second kappa shape index (κ2) is 7.42. The van der Waals surface area contributed by atoms with E-state index >= 15 is 0 Å². The fraction of sp³-hybridized carbons (Fsp3) is 0.450. The fourth-order valence-electron chi connectivity index (χ4n) is 3.96. The molecule has 0 heterocycles. The lowest BCUT2D eigenvalue weighted by Crippen LogP contribution is -2.36. The van der Waals surface area contributed by atoms with Crippen LogP contribution in [0.15, 0.2) is 30.4 Å². The quantitative estimate of drug-likeness (QED) is 0.587. The van der Waals surface area contributed by atoms with Crippen molar-refractivity contribution in [1.29, 1.82) is 0 Å². The lowest BCUT2D eigenvalue weighted by atomic mass is 9.82. The zero-order valence-corrected chi connectivity index (χ0v) is 15.5. The number of hydrogen-bond donors (Lipinski definition) is 2. The molecule has 7 heteroatoms. The molecule has 7 nitrogen and oxygen atoms in total. The molecule has 0 unspecified atom stereocenters. The van der Waals surface area contributed by atoms with Crippen molar-refractivity contribution in [2.75, 3.05) is 12.4 Å². The van der Waals surface area contributed by atoms with Gasteiger partial charge in [0.1, 0.15) is 5.75 Å². The highest BCUT2D eigenvalue weighted by molar-refractivity contribution is 5.99. The molecule has 0 aromatic heterocycles. The van der Waals surface area contributed by atoms with Crippen molar-refractivity contribution in [3.05, 3.63) is 35.9 Å². The number of aliphatic carboxylic acids is 1. The number of fused-ring (bicyclic) bond motifs is 2. The third-order valence-electron chi connectivity index (χ3n) is 5.07. The minimum absolute atomic E-state index is 0.0886. The molecule has 144 valence electrons. The summed E-state index contributed by atoms with van der Waals surface area (Å²) in [5.74, 6) is -3.05. The monoisotopic (exact) mass is 373 g/mol. The number of esters is 1. The second-order valence-corrected chi connectivity index (χ2v) is 7.20. The van der Waals surface area contributed by atoms with E-state index in [-0.39, 0.29) is 29.4 Å². The van der Waals surface area contributed by atoms with Crippen LogP contribution in [-0.4, -0.2) is 36.2 Å². The maximum atomic E-state index is 12.9. The number of methoxy groups -OCH3 is 1. The summed E-state index contributed by atoms with van der Waals surface area (Å²) in [6.07, 6.45) is 4.34. The first-order chi connectivity index (χ1) is 12.8. The first-order valence-corrected chi connectivity index (χ1v) is 8.92. The van der Waals surface area contributed by atoms with E-state index in [0.717, 1.165) is 0 Å². The smallest absolute Gasteiger partial charge is 0.337 e.